The van der Waals surface area contributed by atoms with Gasteiger partial charge in [0.1, 0.15) is 13.2 Å². The van der Waals surface area contributed by atoms with Crippen LogP contribution in [0.15, 0.2) is 42.5 Å². The molecule has 142 valence electrons. The summed E-state index contributed by atoms with van der Waals surface area (Å²) in [5.41, 5.74) is 2.18. The van der Waals surface area contributed by atoms with Gasteiger partial charge in [-0.2, -0.15) is 0 Å². The fourth-order valence-corrected chi connectivity index (χ4v) is 3.96. The fraction of sp³-hybridized carbons (Fsp3) is 0.381. The van der Waals surface area contributed by atoms with Gasteiger partial charge in [-0.25, -0.2) is 0 Å². The van der Waals surface area contributed by atoms with Gasteiger partial charge in [-0.3, -0.25) is 9.69 Å². The van der Waals surface area contributed by atoms with Crippen LogP contribution in [0.1, 0.15) is 30.0 Å². The number of amides is 1. The number of nitrogens with zero attached hydrogens (tertiary/aromatic N) is 1. The molecule has 2 heterocycles. The molecule has 6 heteroatoms. The number of rotatable bonds is 5. The molecule has 0 aliphatic carbocycles. The van der Waals surface area contributed by atoms with Gasteiger partial charge >= 0.3 is 0 Å². The van der Waals surface area contributed by atoms with E-state index in [0.29, 0.717) is 31.3 Å². The zero-order chi connectivity index (χ0) is 18.6. The Hall–Kier alpha value is -2.24. The van der Waals surface area contributed by atoms with Gasteiger partial charge in [-0.05, 0) is 54.8 Å². The molecule has 0 radical (unpaired) electrons. The number of hydrogen-bond donors (Lipinski definition) is 1. The Balaban J connectivity index is 1.37. The molecule has 1 atom stereocenters. The van der Waals surface area contributed by atoms with Gasteiger partial charge in [0.05, 0.1) is 6.54 Å². The van der Waals surface area contributed by atoms with Crippen molar-refractivity contribution in [2.45, 2.75) is 25.4 Å². The van der Waals surface area contributed by atoms with Crippen LogP contribution in [0, 0.1) is 0 Å². The summed E-state index contributed by atoms with van der Waals surface area (Å²) in [7, 11) is 0. The highest BCUT2D eigenvalue weighted by Gasteiger charge is 2.28. The SMILES string of the molecule is O=C(CN1CCC[C@H]1c1ccc2c(c1)OCCO2)NCc1cccc(Cl)c1. The lowest BCUT2D eigenvalue weighted by atomic mass is 10.0. The molecule has 2 aromatic carbocycles. The maximum Gasteiger partial charge on any atom is 0.234 e. The standard InChI is InChI=1S/C21H23ClN2O3/c22-17-4-1-3-15(11-17)13-23-21(25)14-24-8-2-5-18(24)16-6-7-19-20(12-16)27-10-9-26-19/h1,3-4,6-7,11-12,18H,2,5,8-10,13-14H2,(H,23,25)/t18-/m0/s1. The van der Waals surface area contributed by atoms with Crippen LogP contribution in [0.3, 0.4) is 0 Å². The molecule has 4 rings (SSSR count). The first-order valence-electron chi connectivity index (χ1n) is 9.34. The van der Waals surface area contributed by atoms with Crippen LogP contribution in [-0.2, 0) is 11.3 Å². The second-order valence-electron chi connectivity index (χ2n) is 6.94. The van der Waals surface area contributed by atoms with E-state index >= 15 is 0 Å². The second kappa shape index (κ2) is 8.19. The minimum Gasteiger partial charge on any atom is -0.486 e. The lowest BCUT2D eigenvalue weighted by Crippen LogP contribution is -2.36. The Bertz CT molecular complexity index is 827. The van der Waals surface area contributed by atoms with Crippen molar-refractivity contribution >= 4 is 17.5 Å². The molecule has 1 amide bonds. The predicted molar refractivity (Wildman–Crippen MR) is 104 cm³/mol. The van der Waals surface area contributed by atoms with Crippen molar-refractivity contribution in [2.24, 2.45) is 0 Å². The summed E-state index contributed by atoms with van der Waals surface area (Å²) < 4.78 is 11.3. The monoisotopic (exact) mass is 386 g/mol. The molecule has 1 N–H and O–H groups in total. The molecule has 1 saturated heterocycles. The van der Waals surface area contributed by atoms with Crippen LogP contribution >= 0.6 is 11.6 Å². The largest absolute Gasteiger partial charge is 0.486 e. The first-order valence-corrected chi connectivity index (χ1v) is 9.71. The Labute approximate surface area is 164 Å². The van der Waals surface area contributed by atoms with Crippen LogP contribution in [-0.4, -0.2) is 37.1 Å². The Morgan fingerprint density at radius 1 is 1.15 bits per heavy atom. The zero-order valence-corrected chi connectivity index (χ0v) is 15.9. The van der Waals surface area contributed by atoms with Gasteiger partial charge in [0.15, 0.2) is 11.5 Å². The van der Waals surface area contributed by atoms with E-state index in [0.717, 1.165) is 36.4 Å². The molecule has 0 saturated carbocycles. The average Bonchev–Trinajstić information content (AvgIpc) is 3.14. The molecule has 2 aliphatic heterocycles. The third kappa shape index (κ3) is 4.37. The van der Waals surface area contributed by atoms with E-state index in [1.165, 1.54) is 5.56 Å². The lowest BCUT2D eigenvalue weighted by molar-refractivity contribution is -0.122. The van der Waals surface area contributed by atoms with Gasteiger partial charge in [0.2, 0.25) is 5.91 Å². The quantitative estimate of drug-likeness (QED) is 0.853. The third-order valence-corrected chi connectivity index (χ3v) is 5.28. The first-order chi connectivity index (χ1) is 13.2. The van der Waals surface area contributed by atoms with E-state index in [9.17, 15) is 4.79 Å². The molecule has 27 heavy (non-hydrogen) atoms. The number of ether oxygens (including phenoxy) is 2. The van der Waals surface area contributed by atoms with E-state index < -0.39 is 0 Å². The summed E-state index contributed by atoms with van der Waals surface area (Å²) in [6.07, 6.45) is 2.13. The molecule has 2 aromatic rings. The maximum atomic E-state index is 12.4. The predicted octanol–water partition coefficient (Wildman–Crippen LogP) is 3.56. The summed E-state index contributed by atoms with van der Waals surface area (Å²) in [5.74, 6) is 1.63. The van der Waals surface area contributed by atoms with Crippen LogP contribution in [0.4, 0.5) is 0 Å². The van der Waals surface area contributed by atoms with Crippen molar-refractivity contribution in [2.75, 3.05) is 26.3 Å². The van der Waals surface area contributed by atoms with Crippen molar-refractivity contribution in [3.8, 4) is 11.5 Å². The van der Waals surface area contributed by atoms with Crippen molar-refractivity contribution in [1.29, 1.82) is 0 Å². The number of halogens is 1. The van der Waals surface area contributed by atoms with Crippen molar-refractivity contribution in [1.82, 2.24) is 10.2 Å². The molecule has 0 unspecified atom stereocenters. The molecular formula is C21H23ClN2O3. The molecule has 2 aliphatic rings. The Kier molecular flexibility index (Phi) is 5.50. The second-order valence-corrected chi connectivity index (χ2v) is 7.37. The number of fused-ring (bicyclic) bond motifs is 1. The number of nitrogens with one attached hydrogen (secondary N) is 1. The summed E-state index contributed by atoms with van der Waals surface area (Å²) in [4.78, 5) is 14.7. The highest BCUT2D eigenvalue weighted by molar-refractivity contribution is 6.30. The van der Waals surface area contributed by atoms with E-state index in [2.05, 4.69) is 22.3 Å². The van der Waals surface area contributed by atoms with Crippen LogP contribution in [0.25, 0.3) is 0 Å². The molecule has 5 nitrogen and oxygen atoms in total. The van der Waals surface area contributed by atoms with Gasteiger partial charge in [-0.15, -0.1) is 0 Å². The molecule has 0 aromatic heterocycles. The number of hydrogen-bond acceptors (Lipinski definition) is 4. The van der Waals surface area contributed by atoms with Crippen LogP contribution in [0.5, 0.6) is 11.5 Å². The normalized spacial score (nSPS) is 19.1. The van der Waals surface area contributed by atoms with Gasteiger partial charge < -0.3 is 14.8 Å². The Morgan fingerprint density at radius 2 is 2.00 bits per heavy atom. The van der Waals surface area contributed by atoms with E-state index in [4.69, 9.17) is 21.1 Å². The molecule has 0 spiro atoms. The molecular weight excluding hydrogens is 364 g/mol. The first kappa shape index (κ1) is 18.1. The van der Waals surface area contributed by atoms with E-state index in [1.54, 1.807) is 0 Å². The van der Waals surface area contributed by atoms with Crippen molar-refractivity contribution < 1.29 is 14.3 Å². The highest BCUT2D eigenvalue weighted by atomic mass is 35.5. The van der Waals surface area contributed by atoms with Gasteiger partial charge in [-0.1, -0.05) is 29.8 Å². The number of carbonyl (C=O) groups is 1. The van der Waals surface area contributed by atoms with E-state index in [-0.39, 0.29) is 11.9 Å². The third-order valence-electron chi connectivity index (χ3n) is 5.04. The van der Waals surface area contributed by atoms with E-state index in [1.807, 2.05) is 30.3 Å². The smallest absolute Gasteiger partial charge is 0.234 e. The zero-order valence-electron chi connectivity index (χ0n) is 15.1. The average molecular weight is 387 g/mol. The minimum absolute atomic E-state index is 0.0272. The molecule has 0 bridgehead atoms. The summed E-state index contributed by atoms with van der Waals surface area (Å²) in [5, 5.41) is 3.67. The minimum atomic E-state index is 0.0272. The lowest BCUT2D eigenvalue weighted by Gasteiger charge is -2.26. The summed E-state index contributed by atoms with van der Waals surface area (Å²) in [6.45, 7) is 2.97. The van der Waals surface area contributed by atoms with Crippen LogP contribution < -0.4 is 14.8 Å². The van der Waals surface area contributed by atoms with Gasteiger partial charge in [0.25, 0.3) is 0 Å². The summed E-state index contributed by atoms with van der Waals surface area (Å²) in [6, 6.07) is 13.9. The van der Waals surface area contributed by atoms with Gasteiger partial charge in [0, 0.05) is 17.6 Å². The van der Waals surface area contributed by atoms with Crippen molar-refractivity contribution in [3.05, 3.63) is 58.6 Å². The molecule has 1 fully saturated rings. The van der Waals surface area contributed by atoms with Crippen molar-refractivity contribution in [3.63, 3.8) is 0 Å². The highest BCUT2D eigenvalue weighted by Crippen LogP contribution is 2.37. The number of benzene rings is 2. The topological polar surface area (TPSA) is 50.8 Å². The number of carbonyl (C=O) groups excluding carboxylic acids is 1. The fourth-order valence-electron chi connectivity index (χ4n) is 3.75. The number of likely N-dealkylation sites (tertiary alicyclic amines) is 1. The summed E-state index contributed by atoms with van der Waals surface area (Å²) >= 11 is 5.99. The Morgan fingerprint density at radius 3 is 2.85 bits per heavy atom. The van der Waals surface area contributed by atoms with Crippen LogP contribution in [0.2, 0.25) is 5.02 Å². The maximum absolute atomic E-state index is 12.4.